The van der Waals surface area contributed by atoms with Crippen LogP contribution in [0, 0.1) is 11.3 Å². The van der Waals surface area contributed by atoms with Crippen LogP contribution in [0.2, 0.25) is 0 Å². The van der Waals surface area contributed by atoms with Gasteiger partial charge in [0.1, 0.15) is 0 Å². The second-order valence-corrected chi connectivity index (χ2v) is 5.65. The lowest BCUT2D eigenvalue weighted by atomic mass is 10.0. The molecule has 5 heteroatoms. The van der Waals surface area contributed by atoms with Gasteiger partial charge in [0.2, 0.25) is 0 Å². The Morgan fingerprint density at radius 2 is 1.50 bits per heavy atom. The number of rotatable bonds is 4. The summed E-state index contributed by atoms with van der Waals surface area (Å²) in [5, 5.41) is 17.3. The van der Waals surface area contributed by atoms with Crippen molar-refractivity contribution in [2.75, 3.05) is 6.61 Å². The van der Waals surface area contributed by atoms with Gasteiger partial charge in [-0.1, -0.05) is 73.3 Å². The summed E-state index contributed by atoms with van der Waals surface area (Å²) in [7, 11) is 0. The van der Waals surface area contributed by atoms with E-state index in [1.54, 1.807) is 37.3 Å². The summed E-state index contributed by atoms with van der Waals surface area (Å²) in [6, 6.07) is 28.1. The zero-order chi connectivity index (χ0) is 22.2. The highest BCUT2D eigenvalue weighted by Crippen LogP contribution is 2.22. The Hall–Kier alpha value is -4.17. The van der Waals surface area contributed by atoms with Crippen molar-refractivity contribution in [3.05, 3.63) is 109 Å². The van der Waals surface area contributed by atoms with E-state index in [1.807, 2.05) is 54.6 Å². The number of benzene rings is 3. The molecular formula is C25H23NO4. The van der Waals surface area contributed by atoms with Crippen LogP contribution in [-0.4, -0.2) is 23.7 Å². The van der Waals surface area contributed by atoms with E-state index >= 15 is 0 Å². The minimum absolute atomic E-state index is 0.331. The summed E-state index contributed by atoms with van der Waals surface area (Å²) < 4.78 is 4.43. The van der Waals surface area contributed by atoms with Crippen molar-refractivity contribution in [2.24, 2.45) is 0 Å². The first-order valence-electron chi connectivity index (χ1n) is 9.15. The molecule has 0 aliphatic carbocycles. The summed E-state index contributed by atoms with van der Waals surface area (Å²) in [5.41, 5.74) is 3.14. The normalized spacial score (nSPS) is 8.80. The third kappa shape index (κ3) is 8.68. The standard InChI is InChI=1S/C13H9N.C7H6O2.C5H8O2/c14-10-12-8-4-5-9-13(12)11-6-2-1-3-7-11;8-7(9)6-4-2-1-3-5-6;1-3-5(6)7-4-2/h1-9H;1-5H,(H,8,9);3H,1,4H2,2H3. The van der Waals surface area contributed by atoms with Gasteiger partial charge in [-0.05, 0) is 36.2 Å². The Bertz CT molecular complexity index is 977. The number of carbonyl (C=O) groups is 2. The van der Waals surface area contributed by atoms with Crippen molar-refractivity contribution in [2.45, 2.75) is 6.92 Å². The zero-order valence-electron chi connectivity index (χ0n) is 16.7. The van der Waals surface area contributed by atoms with E-state index in [9.17, 15) is 9.59 Å². The molecule has 3 aromatic rings. The molecule has 0 fully saturated rings. The van der Waals surface area contributed by atoms with Crippen LogP contribution in [-0.2, 0) is 9.53 Å². The fraction of sp³-hybridized carbons (Fsp3) is 0.0800. The number of nitrogens with zero attached hydrogens (tertiary/aromatic N) is 1. The number of carboxylic acid groups (broad SMARTS) is 1. The molecule has 0 radical (unpaired) electrons. The van der Waals surface area contributed by atoms with E-state index in [4.69, 9.17) is 10.4 Å². The molecule has 0 spiro atoms. The highest BCUT2D eigenvalue weighted by Gasteiger charge is 2.01. The van der Waals surface area contributed by atoms with Crippen molar-refractivity contribution in [3.63, 3.8) is 0 Å². The van der Waals surface area contributed by atoms with Crippen molar-refractivity contribution in [3.8, 4) is 17.2 Å². The SMILES string of the molecule is C=CC(=O)OCC.N#Cc1ccccc1-c1ccccc1.O=C(O)c1ccccc1. The number of hydrogen-bond acceptors (Lipinski definition) is 4. The van der Waals surface area contributed by atoms with Crippen molar-refractivity contribution in [1.29, 1.82) is 5.26 Å². The molecule has 152 valence electrons. The minimum Gasteiger partial charge on any atom is -0.478 e. The van der Waals surface area contributed by atoms with E-state index in [0.29, 0.717) is 12.2 Å². The molecule has 0 aromatic heterocycles. The quantitative estimate of drug-likeness (QED) is 0.471. The van der Waals surface area contributed by atoms with Gasteiger partial charge in [-0.15, -0.1) is 0 Å². The summed E-state index contributed by atoms with van der Waals surface area (Å²) in [4.78, 5) is 20.3. The molecule has 0 aliphatic rings. The Labute approximate surface area is 176 Å². The van der Waals surface area contributed by atoms with E-state index in [1.165, 1.54) is 0 Å². The molecule has 0 unspecified atom stereocenters. The maximum Gasteiger partial charge on any atom is 0.335 e. The van der Waals surface area contributed by atoms with Gasteiger partial charge in [0.05, 0.1) is 23.8 Å². The number of esters is 1. The van der Waals surface area contributed by atoms with E-state index in [-0.39, 0.29) is 5.97 Å². The first-order valence-corrected chi connectivity index (χ1v) is 9.15. The third-order valence-corrected chi connectivity index (χ3v) is 3.61. The predicted molar refractivity (Wildman–Crippen MR) is 117 cm³/mol. The Balaban J connectivity index is 0.000000244. The molecule has 5 nitrogen and oxygen atoms in total. The first-order chi connectivity index (χ1) is 14.5. The molecule has 1 N–H and O–H groups in total. The zero-order valence-corrected chi connectivity index (χ0v) is 16.7. The molecule has 0 aliphatic heterocycles. The maximum atomic E-state index is 10.2. The smallest absolute Gasteiger partial charge is 0.335 e. The highest BCUT2D eigenvalue weighted by molar-refractivity contribution is 5.87. The van der Waals surface area contributed by atoms with Crippen molar-refractivity contribution < 1.29 is 19.4 Å². The van der Waals surface area contributed by atoms with Crippen molar-refractivity contribution >= 4 is 11.9 Å². The van der Waals surface area contributed by atoms with Gasteiger partial charge < -0.3 is 9.84 Å². The van der Waals surface area contributed by atoms with Gasteiger partial charge in [0.15, 0.2) is 0 Å². The Kier molecular flexibility index (Phi) is 11.1. The maximum absolute atomic E-state index is 10.2. The summed E-state index contributed by atoms with van der Waals surface area (Å²) in [6.07, 6.45) is 1.14. The largest absolute Gasteiger partial charge is 0.478 e. The van der Waals surface area contributed by atoms with Gasteiger partial charge >= 0.3 is 11.9 Å². The number of carbonyl (C=O) groups excluding carboxylic acids is 1. The van der Waals surface area contributed by atoms with Crippen LogP contribution in [0.3, 0.4) is 0 Å². The summed E-state index contributed by atoms with van der Waals surface area (Å²) in [6.45, 7) is 5.38. The topological polar surface area (TPSA) is 87.4 Å². The molecule has 0 saturated carbocycles. The van der Waals surface area contributed by atoms with Crippen LogP contribution < -0.4 is 0 Å². The Morgan fingerprint density at radius 3 is 1.93 bits per heavy atom. The summed E-state index contributed by atoms with van der Waals surface area (Å²) >= 11 is 0. The lowest BCUT2D eigenvalue weighted by Gasteiger charge is -2.02. The van der Waals surface area contributed by atoms with Gasteiger partial charge in [-0.3, -0.25) is 0 Å². The monoisotopic (exact) mass is 401 g/mol. The number of aromatic carboxylic acids is 1. The molecule has 3 rings (SSSR count). The Morgan fingerprint density at radius 1 is 0.967 bits per heavy atom. The van der Waals surface area contributed by atoms with Gasteiger partial charge in [-0.25, -0.2) is 9.59 Å². The highest BCUT2D eigenvalue weighted by atomic mass is 16.5. The average Bonchev–Trinajstić information content (AvgIpc) is 2.81. The second kappa shape index (κ2) is 13.9. The molecule has 30 heavy (non-hydrogen) atoms. The summed E-state index contributed by atoms with van der Waals surface area (Å²) in [5.74, 6) is -1.24. The van der Waals surface area contributed by atoms with E-state index in [0.717, 1.165) is 22.8 Å². The van der Waals surface area contributed by atoms with Crippen molar-refractivity contribution in [1.82, 2.24) is 0 Å². The predicted octanol–water partition coefficient (Wildman–Crippen LogP) is 5.35. The third-order valence-electron chi connectivity index (χ3n) is 3.61. The fourth-order valence-corrected chi connectivity index (χ4v) is 2.23. The minimum atomic E-state index is -0.879. The van der Waals surface area contributed by atoms with Crippen LogP contribution in [0.25, 0.3) is 11.1 Å². The first kappa shape index (κ1) is 23.9. The van der Waals surface area contributed by atoms with Crippen LogP contribution in [0.1, 0.15) is 22.8 Å². The molecule has 0 amide bonds. The van der Waals surface area contributed by atoms with Crippen LogP contribution in [0.5, 0.6) is 0 Å². The number of carboxylic acids is 1. The molecule has 0 saturated heterocycles. The van der Waals surface area contributed by atoms with Gasteiger partial charge in [0, 0.05) is 6.08 Å². The number of hydrogen-bond donors (Lipinski definition) is 1. The molecular weight excluding hydrogens is 378 g/mol. The van der Waals surface area contributed by atoms with Crippen LogP contribution in [0.4, 0.5) is 0 Å². The van der Waals surface area contributed by atoms with Crippen LogP contribution in [0.15, 0.2) is 97.6 Å². The molecule has 0 heterocycles. The van der Waals surface area contributed by atoms with Gasteiger partial charge in [0.25, 0.3) is 0 Å². The second-order valence-electron chi connectivity index (χ2n) is 5.65. The fourth-order valence-electron chi connectivity index (χ4n) is 2.23. The van der Waals surface area contributed by atoms with Gasteiger partial charge in [-0.2, -0.15) is 5.26 Å². The molecule has 0 atom stereocenters. The lowest BCUT2D eigenvalue weighted by molar-refractivity contribution is -0.137. The van der Waals surface area contributed by atoms with E-state index < -0.39 is 5.97 Å². The van der Waals surface area contributed by atoms with Crippen LogP contribution >= 0.6 is 0 Å². The molecule has 3 aromatic carbocycles. The molecule has 0 bridgehead atoms. The lowest BCUT2D eigenvalue weighted by Crippen LogP contribution is -1.97. The average molecular weight is 401 g/mol. The van der Waals surface area contributed by atoms with E-state index in [2.05, 4.69) is 17.4 Å². The number of nitriles is 1. The number of ether oxygens (including phenoxy) is 1.